The van der Waals surface area contributed by atoms with Gasteiger partial charge in [0, 0.05) is 11.5 Å². The van der Waals surface area contributed by atoms with E-state index in [4.69, 9.17) is 18.9 Å². The minimum Gasteiger partial charge on any atom is -0.496 e. The zero-order chi connectivity index (χ0) is 29.6. The molecule has 0 aromatic heterocycles. The van der Waals surface area contributed by atoms with Crippen LogP contribution in [0.4, 0.5) is 0 Å². The second kappa shape index (κ2) is 13.1. The number of hydrogen-bond acceptors (Lipinski definition) is 7. The topological polar surface area (TPSA) is 88.1 Å². The second-order valence-corrected chi connectivity index (χ2v) is 12.5. The van der Waals surface area contributed by atoms with E-state index in [1.54, 1.807) is 54.6 Å². The molecule has 0 aliphatic rings. The first-order valence-electron chi connectivity index (χ1n) is 13.1. The van der Waals surface area contributed by atoms with Crippen molar-refractivity contribution in [3.05, 3.63) is 76.9 Å². The van der Waals surface area contributed by atoms with Crippen molar-refractivity contribution in [3.63, 3.8) is 0 Å². The van der Waals surface area contributed by atoms with Crippen molar-refractivity contribution in [2.24, 2.45) is 11.3 Å². The highest BCUT2D eigenvalue weighted by atomic mass is 31.1. The molecule has 3 aromatic rings. The van der Waals surface area contributed by atoms with Crippen LogP contribution in [0.3, 0.4) is 0 Å². The van der Waals surface area contributed by atoms with Gasteiger partial charge in [-0.15, -0.1) is 0 Å². The molecule has 0 saturated heterocycles. The van der Waals surface area contributed by atoms with Crippen LogP contribution in [-0.2, 0) is 4.57 Å². The molecular weight excluding hydrogens is 527 g/mol. The Kier molecular flexibility index (Phi) is 10.1. The number of ether oxygens (including phenoxy) is 4. The Balaban J connectivity index is 2.29. The van der Waals surface area contributed by atoms with E-state index < -0.39 is 19.4 Å². The maximum Gasteiger partial charge on any atom is 0.377 e. The van der Waals surface area contributed by atoms with Gasteiger partial charge < -0.3 is 18.9 Å². The van der Waals surface area contributed by atoms with Crippen molar-refractivity contribution in [3.8, 4) is 23.0 Å². The third kappa shape index (κ3) is 6.71. The lowest BCUT2D eigenvalue weighted by molar-refractivity contribution is 0.0997. The number of benzene rings is 3. The van der Waals surface area contributed by atoms with E-state index in [-0.39, 0.29) is 45.1 Å². The molecule has 7 nitrogen and oxygen atoms in total. The van der Waals surface area contributed by atoms with E-state index in [2.05, 4.69) is 27.7 Å². The Labute approximate surface area is 237 Å². The highest BCUT2D eigenvalue weighted by Crippen LogP contribution is 2.38. The van der Waals surface area contributed by atoms with Gasteiger partial charge in [0.15, 0.2) is 6.16 Å². The summed E-state index contributed by atoms with van der Waals surface area (Å²) in [5.41, 5.74) is 0.503. The summed E-state index contributed by atoms with van der Waals surface area (Å²) in [4.78, 5) is 28.6. The van der Waals surface area contributed by atoms with Gasteiger partial charge in [0.05, 0.1) is 34.0 Å². The Morgan fingerprint density at radius 2 is 1.12 bits per heavy atom. The molecule has 0 bridgehead atoms. The van der Waals surface area contributed by atoms with Crippen molar-refractivity contribution in [2.45, 2.75) is 34.1 Å². The average molecular weight is 566 g/mol. The zero-order valence-corrected chi connectivity index (χ0v) is 25.4. The Morgan fingerprint density at radius 1 is 0.700 bits per heavy atom. The van der Waals surface area contributed by atoms with Crippen LogP contribution >= 0.6 is 7.80 Å². The van der Waals surface area contributed by atoms with Crippen LogP contribution in [0.25, 0.3) is 0 Å². The molecule has 2 atom stereocenters. The number of carbonyl (C=O) groups is 2. The Bertz CT molecular complexity index is 1360. The number of rotatable bonds is 12. The largest absolute Gasteiger partial charge is 0.496 e. The van der Waals surface area contributed by atoms with Crippen molar-refractivity contribution in [1.29, 1.82) is 0 Å². The second-order valence-electron chi connectivity index (χ2n) is 10.9. The minimum absolute atomic E-state index is 0.0485. The molecule has 0 aliphatic carbocycles. The predicted octanol–water partition coefficient (Wildman–Crippen LogP) is 6.71. The van der Waals surface area contributed by atoms with Crippen LogP contribution in [0.1, 0.15) is 66.0 Å². The first-order chi connectivity index (χ1) is 19.0. The van der Waals surface area contributed by atoms with Gasteiger partial charge in [0.1, 0.15) is 34.1 Å². The average Bonchev–Trinajstić information content (AvgIpc) is 2.93. The van der Waals surface area contributed by atoms with Gasteiger partial charge in [-0.1, -0.05) is 50.5 Å². The molecule has 3 rings (SSSR count). The fourth-order valence-electron chi connectivity index (χ4n) is 5.08. The van der Waals surface area contributed by atoms with Gasteiger partial charge in [-0.25, -0.2) is 0 Å². The molecule has 0 aliphatic heterocycles. The molecule has 3 aromatic carbocycles. The Hall–Kier alpha value is -3.70. The molecule has 0 radical (unpaired) electrons. The quantitative estimate of drug-likeness (QED) is 0.178. The normalized spacial score (nSPS) is 12.3. The molecule has 40 heavy (non-hydrogen) atoms. The van der Waals surface area contributed by atoms with Gasteiger partial charge in [-0.3, -0.25) is 9.59 Å². The third-order valence-corrected chi connectivity index (χ3v) is 8.40. The summed E-state index contributed by atoms with van der Waals surface area (Å²) in [6.07, 6.45) is 1.22. The van der Waals surface area contributed by atoms with E-state index in [1.807, 2.05) is 0 Å². The molecule has 0 spiro atoms. The standard InChI is InChI=1S/C32H38O7P/c1-20(18-32(2,3)4)19-40(35)26-17-9-12-21(30(33)28-22(36-5)13-10-14-23(28)37-6)27(26)31(34)29-24(38-7)15-11-16-25(29)39-8/h9-17,20H,18-19H2,1-8H3/q+1. The first kappa shape index (κ1) is 30.8. The van der Waals surface area contributed by atoms with E-state index >= 15 is 0 Å². The maximum absolute atomic E-state index is 14.4. The Morgan fingerprint density at radius 3 is 1.55 bits per heavy atom. The van der Waals surface area contributed by atoms with Crippen molar-refractivity contribution < 1.29 is 33.1 Å². The summed E-state index contributed by atoms with van der Waals surface area (Å²) in [6, 6.07) is 14.9. The fourth-order valence-corrected chi connectivity index (χ4v) is 6.69. The van der Waals surface area contributed by atoms with Crippen LogP contribution in [0.5, 0.6) is 23.0 Å². The van der Waals surface area contributed by atoms with E-state index in [9.17, 15) is 14.2 Å². The highest BCUT2D eigenvalue weighted by molar-refractivity contribution is 7.53. The van der Waals surface area contributed by atoms with Crippen molar-refractivity contribution in [2.75, 3.05) is 34.6 Å². The third-order valence-electron chi connectivity index (χ3n) is 6.53. The lowest BCUT2D eigenvalue weighted by Gasteiger charge is -2.20. The van der Waals surface area contributed by atoms with Gasteiger partial charge in [0.2, 0.25) is 16.9 Å². The molecule has 0 amide bonds. The van der Waals surface area contributed by atoms with Crippen LogP contribution in [0, 0.1) is 11.3 Å². The summed E-state index contributed by atoms with van der Waals surface area (Å²) in [7, 11) is 3.79. The van der Waals surface area contributed by atoms with E-state index in [1.165, 1.54) is 28.4 Å². The van der Waals surface area contributed by atoms with Crippen LogP contribution < -0.4 is 24.3 Å². The van der Waals surface area contributed by atoms with Crippen LogP contribution in [-0.4, -0.2) is 46.2 Å². The van der Waals surface area contributed by atoms with Crippen LogP contribution in [0.2, 0.25) is 0 Å². The van der Waals surface area contributed by atoms with Gasteiger partial charge >= 0.3 is 7.80 Å². The molecule has 0 heterocycles. The molecular formula is C32H38O7P+. The van der Waals surface area contributed by atoms with Gasteiger partial charge in [-0.05, 0) is 48.2 Å². The maximum atomic E-state index is 14.4. The summed E-state index contributed by atoms with van der Waals surface area (Å²) in [6.45, 7) is 8.47. The number of ketones is 2. The molecule has 8 heteroatoms. The summed E-state index contributed by atoms with van der Waals surface area (Å²) in [5, 5.41) is 0.313. The predicted molar refractivity (Wildman–Crippen MR) is 158 cm³/mol. The minimum atomic E-state index is -2.04. The first-order valence-corrected chi connectivity index (χ1v) is 14.5. The SMILES string of the molecule is COc1cccc(OC)c1C(=O)c1cccc([P+](=O)CC(C)CC(C)(C)C)c1C(=O)c1c(OC)cccc1OC. The number of carbonyl (C=O) groups excluding carboxylic acids is 2. The monoisotopic (exact) mass is 565 g/mol. The van der Waals surface area contributed by atoms with Crippen molar-refractivity contribution >= 4 is 24.7 Å². The molecule has 0 saturated carbocycles. The van der Waals surface area contributed by atoms with E-state index in [0.29, 0.717) is 23.0 Å². The summed E-state index contributed by atoms with van der Waals surface area (Å²) < 4.78 is 35.9. The zero-order valence-electron chi connectivity index (χ0n) is 24.5. The van der Waals surface area contributed by atoms with Gasteiger partial charge in [0.25, 0.3) is 0 Å². The fraction of sp³-hybridized carbons (Fsp3) is 0.375. The lowest BCUT2D eigenvalue weighted by atomic mass is 9.86. The lowest BCUT2D eigenvalue weighted by Crippen LogP contribution is -2.23. The number of hydrogen-bond donors (Lipinski definition) is 0. The summed E-state index contributed by atoms with van der Waals surface area (Å²) >= 11 is 0. The number of methoxy groups -OCH3 is 4. The molecule has 212 valence electrons. The highest BCUT2D eigenvalue weighted by Gasteiger charge is 2.37. The van der Waals surface area contributed by atoms with Gasteiger partial charge in [-0.2, -0.15) is 0 Å². The molecule has 0 N–H and O–H groups in total. The van der Waals surface area contributed by atoms with E-state index in [0.717, 1.165) is 6.42 Å². The smallest absolute Gasteiger partial charge is 0.377 e. The molecule has 2 unspecified atom stereocenters. The van der Waals surface area contributed by atoms with Crippen molar-refractivity contribution in [1.82, 2.24) is 0 Å². The molecule has 0 fully saturated rings. The summed E-state index contributed by atoms with van der Waals surface area (Å²) in [5.74, 6) is 0.277. The van der Waals surface area contributed by atoms with Crippen LogP contribution in [0.15, 0.2) is 54.6 Å².